The van der Waals surface area contributed by atoms with Gasteiger partial charge in [0.05, 0.1) is 17.3 Å². The number of thiophene rings is 1. The van der Waals surface area contributed by atoms with Gasteiger partial charge in [0.15, 0.2) is 0 Å². The Balaban J connectivity index is 2.22. The number of pyridine rings is 2. The van der Waals surface area contributed by atoms with Crippen LogP contribution in [0.3, 0.4) is 0 Å². The third-order valence-electron chi connectivity index (χ3n) is 3.80. The van der Waals surface area contributed by atoms with Crippen molar-refractivity contribution in [2.24, 2.45) is 7.05 Å². The summed E-state index contributed by atoms with van der Waals surface area (Å²) in [5.41, 5.74) is 0.628. The van der Waals surface area contributed by atoms with Crippen LogP contribution in [-0.4, -0.2) is 27.6 Å². The molecule has 0 unspecified atom stereocenters. The number of hydrogen-bond donors (Lipinski definition) is 1. The van der Waals surface area contributed by atoms with Gasteiger partial charge < -0.3 is 14.6 Å². The van der Waals surface area contributed by atoms with Crippen molar-refractivity contribution in [3.63, 3.8) is 0 Å². The second-order valence-electron chi connectivity index (χ2n) is 5.26. The van der Waals surface area contributed by atoms with Crippen LogP contribution in [0, 0.1) is 6.92 Å². The number of aromatic nitrogens is 2. The molecule has 0 aliphatic heterocycles. The molecule has 1 N–H and O–H groups in total. The number of aryl methyl sites for hydroxylation is 2. The van der Waals surface area contributed by atoms with E-state index in [1.807, 2.05) is 12.3 Å². The topological polar surface area (TPSA) is 75.4 Å². The van der Waals surface area contributed by atoms with Gasteiger partial charge in [-0.05, 0) is 30.0 Å². The van der Waals surface area contributed by atoms with Crippen LogP contribution in [0.2, 0.25) is 0 Å². The van der Waals surface area contributed by atoms with E-state index in [1.54, 1.807) is 32.4 Å². The van der Waals surface area contributed by atoms with Gasteiger partial charge in [-0.25, -0.2) is 0 Å². The molecule has 118 valence electrons. The molecular formula is C16H15N3O3S. The zero-order valence-corrected chi connectivity index (χ0v) is 13.7. The summed E-state index contributed by atoms with van der Waals surface area (Å²) in [5.74, 6) is -0.828. The maximum atomic E-state index is 12.7. The number of rotatable bonds is 2. The summed E-state index contributed by atoms with van der Waals surface area (Å²) in [6.07, 6.45) is 3.12. The molecule has 0 aromatic carbocycles. The summed E-state index contributed by atoms with van der Waals surface area (Å²) in [6, 6.07) is 3.41. The van der Waals surface area contributed by atoms with Gasteiger partial charge >= 0.3 is 0 Å². The highest BCUT2D eigenvalue weighted by Crippen LogP contribution is 2.34. The minimum atomic E-state index is -0.566. The van der Waals surface area contributed by atoms with Crippen molar-refractivity contribution >= 4 is 33.1 Å². The van der Waals surface area contributed by atoms with Crippen molar-refractivity contribution < 1.29 is 9.90 Å². The van der Waals surface area contributed by atoms with Crippen LogP contribution in [0.15, 0.2) is 34.7 Å². The Morgan fingerprint density at radius 3 is 2.83 bits per heavy atom. The molecule has 1 amide bonds. The Morgan fingerprint density at radius 1 is 1.43 bits per heavy atom. The van der Waals surface area contributed by atoms with E-state index in [1.165, 1.54) is 27.0 Å². The molecule has 3 rings (SSSR count). The van der Waals surface area contributed by atoms with E-state index in [4.69, 9.17) is 0 Å². The molecule has 0 aliphatic carbocycles. The lowest BCUT2D eigenvalue weighted by Crippen LogP contribution is -2.34. The molecule has 0 saturated heterocycles. The largest absolute Gasteiger partial charge is 0.506 e. The van der Waals surface area contributed by atoms with Gasteiger partial charge in [0.25, 0.3) is 11.5 Å². The zero-order valence-electron chi connectivity index (χ0n) is 12.9. The lowest BCUT2D eigenvalue weighted by molar-refractivity contribution is 0.0988. The van der Waals surface area contributed by atoms with Gasteiger partial charge in [0, 0.05) is 20.3 Å². The molecule has 3 aromatic rings. The fourth-order valence-corrected chi connectivity index (χ4v) is 3.50. The first-order chi connectivity index (χ1) is 10.9. The van der Waals surface area contributed by atoms with Crippen LogP contribution >= 0.6 is 11.3 Å². The van der Waals surface area contributed by atoms with Gasteiger partial charge in [-0.1, -0.05) is 0 Å². The maximum absolute atomic E-state index is 12.7. The second-order valence-corrected chi connectivity index (χ2v) is 6.12. The zero-order chi connectivity index (χ0) is 16.7. The lowest BCUT2D eigenvalue weighted by atomic mass is 10.1. The van der Waals surface area contributed by atoms with Crippen molar-refractivity contribution in [3.8, 4) is 5.75 Å². The summed E-state index contributed by atoms with van der Waals surface area (Å²) in [7, 11) is 3.14. The van der Waals surface area contributed by atoms with Crippen molar-refractivity contribution in [1.82, 2.24) is 9.55 Å². The number of anilines is 1. The molecule has 0 aliphatic rings. The number of aromatic hydroxyl groups is 1. The Kier molecular flexibility index (Phi) is 3.65. The lowest BCUT2D eigenvalue weighted by Gasteiger charge is -2.18. The fourth-order valence-electron chi connectivity index (χ4n) is 2.48. The normalized spacial score (nSPS) is 10.9. The third-order valence-corrected chi connectivity index (χ3v) is 4.98. The number of amides is 1. The van der Waals surface area contributed by atoms with Gasteiger partial charge in [-0.2, -0.15) is 0 Å². The van der Waals surface area contributed by atoms with Crippen LogP contribution in [-0.2, 0) is 7.05 Å². The minimum absolute atomic E-state index is 0.229. The SMILES string of the molecule is Cc1csc2c1c(O)c(C(=O)N(C)c1cccnc1)c(=O)n2C. The predicted octanol–water partition coefficient (Wildman–Crippen LogP) is 2.29. The molecule has 6 nitrogen and oxygen atoms in total. The molecule has 0 bridgehead atoms. The van der Waals surface area contributed by atoms with Gasteiger partial charge in [-0.3, -0.25) is 14.6 Å². The molecule has 0 atom stereocenters. The van der Waals surface area contributed by atoms with Crippen molar-refractivity contribution in [3.05, 3.63) is 51.4 Å². The van der Waals surface area contributed by atoms with Crippen LogP contribution in [0.1, 0.15) is 15.9 Å². The smallest absolute Gasteiger partial charge is 0.268 e. The maximum Gasteiger partial charge on any atom is 0.268 e. The highest BCUT2D eigenvalue weighted by atomic mass is 32.1. The average molecular weight is 329 g/mol. The van der Waals surface area contributed by atoms with E-state index in [0.717, 1.165) is 5.56 Å². The molecule has 23 heavy (non-hydrogen) atoms. The Bertz CT molecular complexity index is 960. The van der Waals surface area contributed by atoms with Crippen molar-refractivity contribution in [1.29, 1.82) is 0 Å². The van der Waals surface area contributed by atoms with Crippen LogP contribution in [0.4, 0.5) is 5.69 Å². The minimum Gasteiger partial charge on any atom is -0.506 e. The Hall–Kier alpha value is -2.67. The second kappa shape index (κ2) is 5.51. The summed E-state index contributed by atoms with van der Waals surface area (Å²) < 4.78 is 1.40. The molecule has 3 aromatic heterocycles. The van der Waals surface area contributed by atoms with Gasteiger partial charge in [0.1, 0.15) is 16.1 Å². The number of fused-ring (bicyclic) bond motifs is 1. The molecule has 0 fully saturated rings. The Morgan fingerprint density at radius 2 is 2.17 bits per heavy atom. The quantitative estimate of drug-likeness (QED) is 0.783. The van der Waals surface area contributed by atoms with E-state index in [2.05, 4.69) is 4.98 Å². The first kappa shape index (κ1) is 15.2. The first-order valence-corrected chi connectivity index (χ1v) is 7.79. The van der Waals surface area contributed by atoms with Gasteiger partial charge in [0.2, 0.25) is 0 Å². The summed E-state index contributed by atoms with van der Waals surface area (Å²) >= 11 is 1.36. The monoisotopic (exact) mass is 329 g/mol. The molecule has 0 saturated carbocycles. The van der Waals surface area contributed by atoms with Crippen molar-refractivity contribution in [2.75, 3.05) is 11.9 Å². The van der Waals surface area contributed by atoms with Crippen LogP contribution in [0.5, 0.6) is 5.75 Å². The number of hydrogen-bond acceptors (Lipinski definition) is 5. The van der Waals surface area contributed by atoms with Gasteiger partial charge in [-0.15, -0.1) is 11.3 Å². The highest BCUT2D eigenvalue weighted by molar-refractivity contribution is 7.17. The Labute approximate surface area is 136 Å². The predicted molar refractivity (Wildman–Crippen MR) is 90.4 cm³/mol. The van der Waals surface area contributed by atoms with E-state index in [0.29, 0.717) is 15.9 Å². The van der Waals surface area contributed by atoms with E-state index >= 15 is 0 Å². The number of carbonyl (C=O) groups is 1. The molecule has 7 heteroatoms. The fraction of sp³-hybridized carbons (Fsp3) is 0.188. The highest BCUT2D eigenvalue weighted by Gasteiger charge is 2.26. The molecular weight excluding hydrogens is 314 g/mol. The molecule has 0 radical (unpaired) electrons. The molecule has 0 spiro atoms. The third kappa shape index (κ3) is 2.29. The van der Waals surface area contributed by atoms with Crippen LogP contribution in [0.25, 0.3) is 10.2 Å². The summed E-state index contributed by atoms with van der Waals surface area (Å²) in [5, 5.41) is 12.9. The van der Waals surface area contributed by atoms with E-state index in [-0.39, 0.29) is 11.3 Å². The van der Waals surface area contributed by atoms with Crippen LogP contribution < -0.4 is 10.5 Å². The van der Waals surface area contributed by atoms with E-state index in [9.17, 15) is 14.7 Å². The summed E-state index contributed by atoms with van der Waals surface area (Å²) in [4.78, 5) is 31.2. The van der Waals surface area contributed by atoms with Crippen molar-refractivity contribution in [2.45, 2.75) is 6.92 Å². The first-order valence-electron chi connectivity index (χ1n) is 6.91. The summed E-state index contributed by atoms with van der Waals surface area (Å²) in [6.45, 7) is 1.84. The average Bonchev–Trinajstić information content (AvgIpc) is 2.95. The number of nitrogens with zero attached hydrogens (tertiary/aromatic N) is 3. The molecule has 3 heterocycles. The standard InChI is InChI=1S/C16H15N3O3S/c1-9-8-23-16-11(9)13(20)12(15(22)19(16)3)14(21)18(2)10-5-4-6-17-7-10/h4-8,20H,1-3H3. The number of carbonyl (C=O) groups excluding carboxylic acids is 1. The van der Waals surface area contributed by atoms with E-state index < -0.39 is 11.5 Å².